The fourth-order valence-electron chi connectivity index (χ4n) is 3.53. The summed E-state index contributed by atoms with van der Waals surface area (Å²) in [6.07, 6.45) is 4.80. The third-order valence-corrected chi connectivity index (χ3v) is 5.09. The molecule has 1 aliphatic heterocycles. The van der Waals surface area contributed by atoms with Crippen molar-refractivity contribution in [2.45, 2.75) is 12.5 Å². The van der Waals surface area contributed by atoms with E-state index in [0.717, 1.165) is 32.7 Å². The van der Waals surface area contributed by atoms with Gasteiger partial charge in [0.05, 0.1) is 13.5 Å². The number of ether oxygens (including phenoxy) is 1. The van der Waals surface area contributed by atoms with Crippen LogP contribution in [0.25, 0.3) is 6.08 Å². The molecule has 0 aliphatic carbocycles. The predicted octanol–water partition coefficient (Wildman–Crippen LogP) is 4.47. The molecule has 0 aromatic heterocycles. The summed E-state index contributed by atoms with van der Waals surface area (Å²) >= 11 is 0. The normalized spacial score (nSPS) is 15.9. The average Bonchev–Trinajstić information content (AvgIpc) is 2.74. The topological polar surface area (TPSA) is 32.8 Å². The van der Waals surface area contributed by atoms with Gasteiger partial charge in [0.2, 0.25) is 0 Å². The van der Waals surface area contributed by atoms with Crippen LogP contribution in [-0.2, 0) is 9.53 Å². The third kappa shape index (κ3) is 7.82. The van der Waals surface area contributed by atoms with Crippen molar-refractivity contribution < 1.29 is 9.53 Å². The minimum Gasteiger partial charge on any atom is -0.469 e. The van der Waals surface area contributed by atoms with Crippen LogP contribution >= 0.6 is 24.8 Å². The Morgan fingerprint density at radius 3 is 2.14 bits per heavy atom. The van der Waals surface area contributed by atoms with Gasteiger partial charge in [0, 0.05) is 38.8 Å². The van der Waals surface area contributed by atoms with Gasteiger partial charge in [-0.15, -0.1) is 24.8 Å². The Kier molecular flexibility index (Phi) is 11.6. The fourth-order valence-corrected chi connectivity index (χ4v) is 3.53. The van der Waals surface area contributed by atoms with E-state index in [1.165, 1.54) is 18.2 Å². The second-order valence-corrected chi connectivity index (χ2v) is 6.86. The van der Waals surface area contributed by atoms with Crippen LogP contribution in [0.4, 0.5) is 0 Å². The Labute approximate surface area is 186 Å². The number of hydrogen-bond acceptors (Lipinski definition) is 4. The summed E-state index contributed by atoms with van der Waals surface area (Å²) in [5, 5.41) is 0. The SMILES string of the molecule is COC(=O)CC(c1ccccc1)N1CCN(C/C=C/c2ccccc2)CC1.Cl.Cl. The maximum atomic E-state index is 11.9. The van der Waals surface area contributed by atoms with E-state index >= 15 is 0 Å². The first kappa shape index (κ1) is 25.2. The summed E-state index contributed by atoms with van der Waals surface area (Å²) in [4.78, 5) is 16.8. The number of carbonyl (C=O) groups is 1. The van der Waals surface area contributed by atoms with Gasteiger partial charge in [-0.1, -0.05) is 72.8 Å². The van der Waals surface area contributed by atoms with Crippen LogP contribution in [0.2, 0.25) is 0 Å². The zero-order chi connectivity index (χ0) is 18.9. The number of rotatable bonds is 7. The molecule has 4 nitrogen and oxygen atoms in total. The monoisotopic (exact) mass is 436 g/mol. The van der Waals surface area contributed by atoms with Crippen molar-refractivity contribution in [3.8, 4) is 0 Å². The molecule has 6 heteroatoms. The van der Waals surface area contributed by atoms with E-state index in [9.17, 15) is 4.79 Å². The van der Waals surface area contributed by atoms with E-state index in [0.29, 0.717) is 6.42 Å². The number of benzene rings is 2. The second-order valence-electron chi connectivity index (χ2n) is 6.86. The van der Waals surface area contributed by atoms with Gasteiger partial charge in [0.25, 0.3) is 0 Å². The largest absolute Gasteiger partial charge is 0.469 e. The lowest BCUT2D eigenvalue weighted by atomic mass is 10.0. The molecule has 1 aliphatic rings. The zero-order valence-electron chi connectivity index (χ0n) is 16.8. The van der Waals surface area contributed by atoms with E-state index < -0.39 is 0 Å². The van der Waals surface area contributed by atoms with Gasteiger partial charge >= 0.3 is 5.97 Å². The van der Waals surface area contributed by atoms with Crippen LogP contribution in [0.15, 0.2) is 66.7 Å². The molecule has 1 saturated heterocycles. The molecule has 0 radical (unpaired) electrons. The van der Waals surface area contributed by atoms with E-state index in [1.54, 1.807) is 0 Å². The highest BCUT2D eigenvalue weighted by Crippen LogP contribution is 2.26. The van der Waals surface area contributed by atoms with Gasteiger partial charge in [-0.25, -0.2) is 0 Å². The fraction of sp³-hybridized carbons (Fsp3) is 0.348. The van der Waals surface area contributed by atoms with E-state index in [1.807, 2.05) is 24.3 Å². The highest BCUT2D eigenvalue weighted by Gasteiger charge is 2.26. The summed E-state index contributed by atoms with van der Waals surface area (Å²) in [5.41, 5.74) is 2.42. The molecule has 29 heavy (non-hydrogen) atoms. The molecule has 2 aromatic rings. The van der Waals surface area contributed by atoms with E-state index in [2.05, 4.69) is 58.4 Å². The summed E-state index contributed by atoms with van der Waals surface area (Å²) in [5.74, 6) is -0.155. The molecule has 0 saturated carbocycles. The standard InChI is InChI=1S/C23H28N2O2.2ClH/c1-27-23(26)19-22(21-12-6-3-7-13-21)25-17-15-24(16-18-25)14-8-11-20-9-4-2-5-10-20;;/h2-13,22H,14-19H2,1H3;2*1H/b11-8+;;. The lowest BCUT2D eigenvalue weighted by Gasteiger charge is -2.39. The van der Waals surface area contributed by atoms with Gasteiger partial charge in [-0.05, 0) is 11.1 Å². The van der Waals surface area contributed by atoms with E-state index in [-0.39, 0.29) is 36.8 Å². The first-order valence-electron chi connectivity index (χ1n) is 9.56. The summed E-state index contributed by atoms with van der Waals surface area (Å²) < 4.78 is 4.92. The summed E-state index contributed by atoms with van der Waals surface area (Å²) in [6, 6.07) is 20.7. The zero-order valence-corrected chi connectivity index (χ0v) is 18.4. The maximum Gasteiger partial charge on any atom is 0.307 e. The second kappa shape index (κ2) is 13.4. The smallest absolute Gasteiger partial charge is 0.307 e. The van der Waals surface area contributed by atoms with Gasteiger partial charge in [-0.2, -0.15) is 0 Å². The molecule has 1 unspecified atom stereocenters. The molecular formula is C23H30Cl2N2O2. The Morgan fingerprint density at radius 1 is 0.966 bits per heavy atom. The number of hydrogen-bond donors (Lipinski definition) is 0. The van der Waals surface area contributed by atoms with Gasteiger partial charge in [0.15, 0.2) is 0 Å². The van der Waals surface area contributed by atoms with Gasteiger partial charge < -0.3 is 4.74 Å². The molecular weight excluding hydrogens is 407 g/mol. The quantitative estimate of drug-likeness (QED) is 0.599. The minimum atomic E-state index is -0.155. The van der Waals surface area contributed by atoms with Crippen LogP contribution in [0.1, 0.15) is 23.6 Å². The third-order valence-electron chi connectivity index (χ3n) is 5.09. The highest BCUT2D eigenvalue weighted by atomic mass is 35.5. The first-order chi connectivity index (χ1) is 13.3. The van der Waals surface area contributed by atoms with Crippen molar-refractivity contribution in [2.75, 3.05) is 39.8 Å². The first-order valence-corrected chi connectivity index (χ1v) is 9.56. The van der Waals surface area contributed by atoms with Crippen molar-refractivity contribution >= 4 is 36.9 Å². The van der Waals surface area contributed by atoms with Crippen LogP contribution in [0, 0.1) is 0 Å². The van der Waals surface area contributed by atoms with Gasteiger partial charge in [0.1, 0.15) is 0 Å². The van der Waals surface area contributed by atoms with Crippen molar-refractivity contribution in [3.05, 3.63) is 77.9 Å². The Hall–Kier alpha value is -1.85. The van der Waals surface area contributed by atoms with E-state index in [4.69, 9.17) is 4.74 Å². The number of esters is 1. The summed E-state index contributed by atoms with van der Waals surface area (Å²) in [7, 11) is 1.46. The van der Waals surface area contributed by atoms with Crippen LogP contribution in [0.5, 0.6) is 0 Å². The molecule has 1 heterocycles. The highest BCUT2D eigenvalue weighted by molar-refractivity contribution is 5.85. The van der Waals surface area contributed by atoms with Crippen molar-refractivity contribution in [1.82, 2.24) is 9.80 Å². The molecule has 0 N–H and O–H groups in total. The van der Waals surface area contributed by atoms with Crippen molar-refractivity contribution in [3.63, 3.8) is 0 Å². The molecule has 0 amide bonds. The number of halogens is 2. The average molecular weight is 437 g/mol. The minimum absolute atomic E-state index is 0. The Bertz CT molecular complexity index is 733. The summed E-state index contributed by atoms with van der Waals surface area (Å²) in [6.45, 7) is 4.87. The number of piperazine rings is 1. The number of carbonyl (C=O) groups excluding carboxylic acids is 1. The molecule has 1 atom stereocenters. The Morgan fingerprint density at radius 2 is 1.55 bits per heavy atom. The van der Waals surface area contributed by atoms with Crippen molar-refractivity contribution in [2.24, 2.45) is 0 Å². The van der Waals surface area contributed by atoms with Crippen LogP contribution in [0.3, 0.4) is 0 Å². The molecule has 0 bridgehead atoms. The number of nitrogens with zero attached hydrogens (tertiary/aromatic N) is 2. The molecule has 158 valence electrons. The van der Waals surface area contributed by atoms with Crippen LogP contribution < -0.4 is 0 Å². The van der Waals surface area contributed by atoms with Crippen LogP contribution in [-0.4, -0.2) is 55.6 Å². The van der Waals surface area contributed by atoms with Crippen molar-refractivity contribution in [1.29, 1.82) is 0 Å². The Balaban J connectivity index is 0.00000210. The molecule has 1 fully saturated rings. The predicted molar refractivity (Wildman–Crippen MR) is 124 cm³/mol. The molecule has 2 aromatic carbocycles. The molecule has 3 rings (SSSR count). The number of methoxy groups -OCH3 is 1. The van der Waals surface area contributed by atoms with Gasteiger partial charge in [-0.3, -0.25) is 14.6 Å². The lowest BCUT2D eigenvalue weighted by Crippen LogP contribution is -2.47. The molecule has 0 spiro atoms. The lowest BCUT2D eigenvalue weighted by molar-refractivity contribution is -0.142. The maximum absolute atomic E-state index is 11.9.